The number of imidazole rings is 1. The highest BCUT2D eigenvalue weighted by Gasteiger charge is 2.33. The second-order valence-electron chi connectivity index (χ2n) is 6.45. The third-order valence-electron chi connectivity index (χ3n) is 4.28. The third-order valence-corrected chi connectivity index (χ3v) is 4.78. The smallest absolute Gasteiger partial charge is 0.336 e. The Morgan fingerprint density at radius 2 is 1.87 bits per heavy atom. The van der Waals surface area contributed by atoms with E-state index in [1.807, 2.05) is 0 Å². The molecule has 0 radical (unpaired) electrons. The zero-order valence-electron chi connectivity index (χ0n) is 15.6. The van der Waals surface area contributed by atoms with Crippen LogP contribution in [0.1, 0.15) is 21.7 Å². The van der Waals surface area contributed by atoms with Crippen molar-refractivity contribution in [3.05, 3.63) is 63.8 Å². The van der Waals surface area contributed by atoms with Crippen molar-refractivity contribution < 1.29 is 18.0 Å². The molecule has 0 aliphatic rings. The summed E-state index contributed by atoms with van der Waals surface area (Å²) in [6.07, 6.45) is -1.83. The van der Waals surface area contributed by atoms with E-state index in [-0.39, 0.29) is 22.1 Å². The van der Waals surface area contributed by atoms with Crippen LogP contribution in [0.15, 0.2) is 36.7 Å². The monoisotopic (exact) mass is 466 g/mol. The molecule has 7 nitrogen and oxygen atoms in total. The molecule has 1 amide bonds. The van der Waals surface area contributed by atoms with Crippen molar-refractivity contribution in [2.24, 2.45) is 0 Å². The predicted molar refractivity (Wildman–Crippen MR) is 109 cm³/mol. The number of fused-ring (bicyclic) bond motifs is 1. The van der Waals surface area contributed by atoms with Crippen molar-refractivity contribution in [2.45, 2.75) is 13.1 Å². The van der Waals surface area contributed by atoms with Gasteiger partial charge in [0.2, 0.25) is 0 Å². The van der Waals surface area contributed by atoms with Crippen LogP contribution in [0, 0.1) is 6.92 Å². The zero-order chi connectivity index (χ0) is 22.3. The van der Waals surface area contributed by atoms with Gasteiger partial charge in [-0.05, 0) is 31.2 Å². The van der Waals surface area contributed by atoms with Gasteiger partial charge in [-0.3, -0.25) is 4.79 Å². The Kier molecular flexibility index (Phi) is 5.28. The number of alkyl halides is 3. The summed E-state index contributed by atoms with van der Waals surface area (Å²) in [5, 5.41) is 3.12. The van der Waals surface area contributed by atoms with Gasteiger partial charge in [-0.1, -0.05) is 23.2 Å². The molecule has 0 aromatic carbocycles. The zero-order valence-corrected chi connectivity index (χ0v) is 17.1. The van der Waals surface area contributed by atoms with Crippen molar-refractivity contribution in [1.82, 2.24) is 24.9 Å². The lowest BCUT2D eigenvalue weighted by Gasteiger charge is -2.11. The van der Waals surface area contributed by atoms with Crippen LogP contribution < -0.4 is 5.32 Å². The fraction of sp³-hybridized carbons (Fsp3) is 0.105. The van der Waals surface area contributed by atoms with Gasteiger partial charge in [-0.25, -0.2) is 19.9 Å². The van der Waals surface area contributed by atoms with Gasteiger partial charge < -0.3 is 10.3 Å². The van der Waals surface area contributed by atoms with E-state index in [9.17, 15) is 18.0 Å². The number of aromatic nitrogens is 5. The van der Waals surface area contributed by atoms with E-state index < -0.39 is 17.8 Å². The maximum absolute atomic E-state index is 12.8. The van der Waals surface area contributed by atoms with Crippen LogP contribution in [0.3, 0.4) is 0 Å². The number of amides is 1. The van der Waals surface area contributed by atoms with Gasteiger partial charge in [0.15, 0.2) is 5.65 Å². The number of aryl methyl sites for hydroxylation is 1. The highest BCUT2D eigenvalue weighted by molar-refractivity contribution is 6.32. The molecule has 0 aliphatic heterocycles. The number of H-pyrrole nitrogens is 1. The lowest BCUT2D eigenvalue weighted by Crippen LogP contribution is -2.16. The molecule has 2 N–H and O–H groups in total. The highest BCUT2D eigenvalue weighted by Crippen LogP contribution is 2.30. The SMILES string of the molecule is Cc1nc(C(F)(F)F)ccc1C(=O)Nc1cnc(Cl)c(-c2nc3ncc(Cl)cc3[nH]2)c1. The van der Waals surface area contributed by atoms with E-state index in [4.69, 9.17) is 23.2 Å². The summed E-state index contributed by atoms with van der Waals surface area (Å²) in [6.45, 7) is 1.32. The first-order valence-corrected chi connectivity index (χ1v) is 9.41. The maximum Gasteiger partial charge on any atom is 0.433 e. The minimum absolute atomic E-state index is 0.00733. The molecule has 31 heavy (non-hydrogen) atoms. The van der Waals surface area contributed by atoms with E-state index in [2.05, 4.69) is 30.2 Å². The molecule has 4 rings (SSSR count). The fourth-order valence-electron chi connectivity index (χ4n) is 2.84. The molecule has 0 fully saturated rings. The quantitative estimate of drug-likeness (QED) is 0.399. The van der Waals surface area contributed by atoms with Gasteiger partial charge in [-0.2, -0.15) is 13.2 Å². The number of pyridine rings is 3. The number of hydrogen-bond donors (Lipinski definition) is 2. The van der Waals surface area contributed by atoms with E-state index in [1.165, 1.54) is 25.4 Å². The van der Waals surface area contributed by atoms with Crippen molar-refractivity contribution >= 4 is 46.0 Å². The number of carbonyl (C=O) groups excluding carboxylic acids is 1. The summed E-state index contributed by atoms with van der Waals surface area (Å²) in [6, 6.07) is 4.99. The summed E-state index contributed by atoms with van der Waals surface area (Å²) < 4.78 is 38.4. The van der Waals surface area contributed by atoms with Gasteiger partial charge in [0.25, 0.3) is 5.91 Å². The topological polar surface area (TPSA) is 96.5 Å². The molecular weight excluding hydrogens is 456 g/mol. The number of nitrogens with one attached hydrogen (secondary N) is 2. The first kappa shape index (κ1) is 21.0. The van der Waals surface area contributed by atoms with Crippen molar-refractivity contribution in [3.8, 4) is 11.4 Å². The number of carbonyl (C=O) groups is 1. The minimum atomic E-state index is -4.60. The van der Waals surface area contributed by atoms with E-state index >= 15 is 0 Å². The molecule has 4 aromatic heterocycles. The summed E-state index contributed by atoms with van der Waals surface area (Å²) in [7, 11) is 0. The molecule has 0 bridgehead atoms. The number of nitrogens with zero attached hydrogens (tertiary/aromatic N) is 4. The Balaban J connectivity index is 1.63. The lowest BCUT2D eigenvalue weighted by atomic mass is 10.1. The van der Waals surface area contributed by atoms with Crippen molar-refractivity contribution in [2.75, 3.05) is 5.32 Å². The number of halogens is 5. The number of anilines is 1. The molecule has 4 aromatic rings. The molecule has 158 valence electrons. The molecule has 0 saturated heterocycles. The average Bonchev–Trinajstić information content (AvgIpc) is 3.11. The van der Waals surface area contributed by atoms with Gasteiger partial charge in [0.05, 0.1) is 39.2 Å². The molecular formula is C19H11Cl2F3N6O. The first-order chi connectivity index (χ1) is 14.6. The van der Waals surface area contributed by atoms with E-state index in [0.29, 0.717) is 27.6 Å². The van der Waals surface area contributed by atoms with Crippen LogP contribution >= 0.6 is 23.2 Å². The number of rotatable bonds is 3. The van der Waals surface area contributed by atoms with Crippen molar-refractivity contribution in [3.63, 3.8) is 0 Å². The maximum atomic E-state index is 12.8. The van der Waals surface area contributed by atoms with Crippen LogP contribution in [0.25, 0.3) is 22.6 Å². The second-order valence-corrected chi connectivity index (χ2v) is 7.25. The number of hydrogen-bond acceptors (Lipinski definition) is 5. The van der Waals surface area contributed by atoms with E-state index in [1.54, 1.807) is 6.07 Å². The second kappa shape index (κ2) is 7.78. The molecule has 12 heteroatoms. The van der Waals surface area contributed by atoms with Gasteiger partial charge in [0, 0.05) is 6.20 Å². The predicted octanol–water partition coefficient (Wildman–Crippen LogP) is 5.30. The molecule has 0 aliphatic carbocycles. The minimum Gasteiger partial charge on any atom is -0.336 e. The standard InChI is InChI=1S/C19H11Cl2F3N6O/c1-8-11(2-3-14(27-8)19(22,23)24)18(31)28-10-5-12(15(21)25-7-10)16-29-13-4-9(20)6-26-17(13)30-16/h2-7H,1H3,(H,28,31)(H,26,29,30). The molecule has 0 spiro atoms. The summed E-state index contributed by atoms with van der Waals surface area (Å²) in [4.78, 5) is 31.5. The summed E-state index contributed by atoms with van der Waals surface area (Å²) >= 11 is 12.1. The molecule has 0 atom stereocenters. The normalized spacial score (nSPS) is 11.7. The Morgan fingerprint density at radius 3 is 2.58 bits per heavy atom. The third kappa shape index (κ3) is 4.30. The van der Waals surface area contributed by atoms with Gasteiger partial charge in [0.1, 0.15) is 16.7 Å². The van der Waals surface area contributed by atoms with Gasteiger partial charge in [-0.15, -0.1) is 0 Å². The van der Waals surface area contributed by atoms with E-state index in [0.717, 1.165) is 12.1 Å². The Labute approximate surface area is 182 Å². The van der Waals surface area contributed by atoms with Crippen LogP contribution in [-0.4, -0.2) is 30.8 Å². The molecule has 4 heterocycles. The largest absolute Gasteiger partial charge is 0.433 e. The summed E-state index contributed by atoms with van der Waals surface area (Å²) in [5.74, 6) is -0.294. The van der Waals surface area contributed by atoms with Gasteiger partial charge >= 0.3 is 6.18 Å². The van der Waals surface area contributed by atoms with Crippen molar-refractivity contribution in [1.29, 1.82) is 0 Å². The van der Waals surface area contributed by atoms with Crippen LogP contribution in [0.2, 0.25) is 10.2 Å². The van der Waals surface area contributed by atoms with Crippen LogP contribution in [0.4, 0.5) is 18.9 Å². The highest BCUT2D eigenvalue weighted by atomic mass is 35.5. The Morgan fingerprint density at radius 1 is 1.10 bits per heavy atom. The number of aromatic amines is 1. The summed E-state index contributed by atoms with van der Waals surface area (Å²) in [5.41, 5.74) is 0.499. The first-order valence-electron chi connectivity index (χ1n) is 8.65. The fourth-order valence-corrected chi connectivity index (χ4v) is 3.19. The van der Waals surface area contributed by atoms with Crippen LogP contribution in [-0.2, 0) is 6.18 Å². The molecule has 0 saturated carbocycles. The molecule has 0 unspecified atom stereocenters. The van der Waals surface area contributed by atoms with Crippen LogP contribution in [0.5, 0.6) is 0 Å². The average molecular weight is 467 g/mol. The Hall–Kier alpha value is -3.24. The lowest BCUT2D eigenvalue weighted by molar-refractivity contribution is -0.141. The Bertz CT molecular complexity index is 1320.